The van der Waals surface area contributed by atoms with E-state index >= 15 is 0 Å². The van der Waals surface area contributed by atoms with Crippen LogP contribution < -0.4 is 19.8 Å². The number of aromatic nitrogens is 2. The number of hydrogen-bond acceptors (Lipinski definition) is 9. The molecule has 0 atom stereocenters. The normalized spacial score (nSPS) is 17.6. The van der Waals surface area contributed by atoms with Crippen LogP contribution in [0.3, 0.4) is 0 Å². The van der Waals surface area contributed by atoms with Crippen LogP contribution in [0.2, 0.25) is 10.0 Å². The molecule has 13 heteroatoms. The van der Waals surface area contributed by atoms with E-state index < -0.39 is 5.90 Å². The van der Waals surface area contributed by atoms with Gasteiger partial charge in [-0.15, -0.1) is 5.01 Å². The van der Waals surface area contributed by atoms with E-state index in [9.17, 15) is 9.90 Å². The van der Waals surface area contributed by atoms with Crippen molar-refractivity contribution in [2.75, 3.05) is 42.0 Å². The number of carbonyl (C=O) groups excluding carboxylic acids is 1. The molecule has 0 N–H and O–H groups in total. The lowest BCUT2D eigenvalue weighted by atomic mass is 10.2. The number of para-hydroxylation sites is 1. The highest BCUT2D eigenvalue weighted by Gasteiger charge is 2.32. The number of benzene rings is 2. The monoisotopic (exact) mass is 558 g/mol. The van der Waals surface area contributed by atoms with Gasteiger partial charge in [-0.05, 0) is 35.7 Å². The topological polar surface area (TPSA) is 110 Å². The standard InChI is InChI=1S/C24H20Cl2N6O4S/c25-18-8-4-5-16(22(18)26)13-19-23(34)32(17-6-2-1-3-7-17)24(27-19)37-15-20(33)28-21-14-31(29-36-21)30-9-11-35-12-10-30/h1-8,13-14H,9-12,15H2/b19-13+. The number of nitrogens with zero attached hydrogens (tertiary/aromatic N) is 6. The Hall–Kier alpha value is -3.38. The molecule has 1 fully saturated rings. The number of aliphatic imine (C=N–C) groups is 2. The van der Waals surface area contributed by atoms with Gasteiger partial charge in [-0.3, -0.25) is 14.2 Å². The summed E-state index contributed by atoms with van der Waals surface area (Å²) in [6.45, 7) is 2.47. The van der Waals surface area contributed by atoms with Crippen molar-refractivity contribution in [2.24, 2.45) is 9.98 Å². The molecule has 1 aromatic heterocycles. The summed E-state index contributed by atoms with van der Waals surface area (Å²) in [4.78, 5) is 24.8. The summed E-state index contributed by atoms with van der Waals surface area (Å²) in [5.74, 6) is -0.805. The largest absolute Gasteiger partial charge is 0.861 e. The van der Waals surface area contributed by atoms with Gasteiger partial charge in [-0.1, -0.05) is 65.3 Å². The molecule has 0 radical (unpaired) electrons. The lowest BCUT2D eigenvalue weighted by Gasteiger charge is -2.18. The third kappa shape index (κ3) is 5.80. The molecule has 37 heavy (non-hydrogen) atoms. The second-order valence-electron chi connectivity index (χ2n) is 7.86. The molecule has 1 amide bonds. The van der Waals surface area contributed by atoms with Crippen molar-refractivity contribution in [3.63, 3.8) is 0 Å². The molecule has 2 aliphatic rings. The Kier molecular flexibility index (Phi) is 7.75. The van der Waals surface area contributed by atoms with Gasteiger partial charge in [0, 0.05) is 5.75 Å². The fraction of sp³-hybridized carbons (Fsp3) is 0.208. The number of thioether (sulfide) groups is 1. The van der Waals surface area contributed by atoms with E-state index in [1.807, 2.05) is 23.2 Å². The second kappa shape index (κ2) is 11.3. The minimum absolute atomic E-state index is 0.0705. The van der Waals surface area contributed by atoms with Gasteiger partial charge in [0.05, 0.1) is 46.8 Å². The number of hydrogen-bond donors (Lipinski definition) is 0. The van der Waals surface area contributed by atoms with Crippen LogP contribution in [0.25, 0.3) is 6.08 Å². The van der Waals surface area contributed by atoms with Crippen LogP contribution in [0.5, 0.6) is 0 Å². The zero-order valence-electron chi connectivity index (χ0n) is 19.3. The Morgan fingerprint density at radius 1 is 1.16 bits per heavy atom. The Morgan fingerprint density at radius 3 is 2.73 bits per heavy atom. The molecule has 10 nitrogen and oxygen atoms in total. The molecule has 0 bridgehead atoms. The zero-order valence-corrected chi connectivity index (χ0v) is 21.6. The van der Waals surface area contributed by atoms with Gasteiger partial charge < -0.3 is 9.84 Å². The van der Waals surface area contributed by atoms with Gasteiger partial charge in [0.15, 0.2) is 5.17 Å². The van der Waals surface area contributed by atoms with Gasteiger partial charge in [-0.2, -0.15) is 0 Å². The highest BCUT2D eigenvalue weighted by Crippen LogP contribution is 2.32. The van der Waals surface area contributed by atoms with E-state index in [0.717, 1.165) is 11.8 Å². The zero-order chi connectivity index (χ0) is 25.8. The Morgan fingerprint density at radius 2 is 1.95 bits per heavy atom. The SMILES string of the molecule is O=C1/C(=C\c2cccc(Cl)c2Cl)N=C(SC/C([O-])=N\c2c[n+](N3CCOCC3)no2)N1c1ccccc1. The minimum Gasteiger partial charge on any atom is -0.861 e. The number of anilines is 1. The van der Waals surface area contributed by atoms with E-state index in [2.05, 4.69) is 15.3 Å². The highest BCUT2D eigenvalue weighted by molar-refractivity contribution is 8.14. The van der Waals surface area contributed by atoms with Crippen molar-refractivity contribution < 1.29 is 24.0 Å². The Bertz CT molecular complexity index is 1390. The lowest BCUT2D eigenvalue weighted by molar-refractivity contribution is -0.759. The van der Waals surface area contributed by atoms with Crippen LogP contribution in [-0.2, 0) is 9.53 Å². The molecule has 0 unspecified atom stereocenters. The predicted octanol–water partition coefficient (Wildman–Crippen LogP) is 2.80. The van der Waals surface area contributed by atoms with Gasteiger partial charge >= 0.3 is 5.88 Å². The Balaban J connectivity index is 1.36. The van der Waals surface area contributed by atoms with Crippen LogP contribution in [0.4, 0.5) is 11.6 Å². The summed E-state index contributed by atoms with van der Waals surface area (Å²) in [5, 5.41) is 19.5. The minimum atomic E-state index is -0.464. The van der Waals surface area contributed by atoms with Crippen molar-refractivity contribution in [3.05, 3.63) is 76.0 Å². The number of halogens is 2. The summed E-state index contributed by atoms with van der Waals surface area (Å²) < 4.78 is 10.5. The molecule has 0 saturated carbocycles. The summed E-state index contributed by atoms with van der Waals surface area (Å²) in [6, 6.07) is 14.2. The van der Waals surface area contributed by atoms with Crippen LogP contribution in [0.15, 0.2) is 74.9 Å². The van der Waals surface area contributed by atoms with Gasteiger partial charge in [0.1, 0.15) is 5.70 Å². The van der Waals surface area contributed by atoms with Gasteiger partial charge in [0.25, 0.3) is 12.1 Å². The second-order valence-corrected chi connectivity index (χ2v) is 9.59. The fourth-order valence-electron chi connectivity index (χ4n) is 3.63. The maximum Gasteiger partial charge on any atom is 0.324 e. The first kappa shape index (κ1) is 25.3. The molecule has 190 valence electrons. The third-order valence-corrected chi connectivity index (χ3v) is 7.16. The molecule has 3 aromatic rings. The molecular formula is C24H20Cl2N6O4S. The number of amides is 1. The van der Waals surface area contributed by atoms with Crippen molar-refractivity contribution in [1.82, 2.24) is 5.27 Å². The number of ether oxygens (including phenoxy) is 1. The first-order valence-corrected chi connectivity index (χ1v) is 13.0. The summed E-state index contributed by atoms with van der Waals surface area (Å²) in [5.41, 5.74) is 1.35. The smallest absolute Gasteiger partial charge is 0.324 e. The van der Waals surface area contributed by atoms with Gasteiger partial charge in [-0.25, -0.2) is 9.98 Å². The quantitative estimate of drug-likeness (QED) is 0.198. The summed E-state index contributed by atoms with van der Waals surface area (Å²) in [6.07, 6.45) is 3.11. The Labute approximate surface area is 226 Å². The van der Waals surface area contributed by atoms with Crippen molar-refractivity contribution >= 4 is 69.6 Å². The first-order chi connectivity index (χ1) is 18.0. The van der Waals surface area contributed by atoms with Crippen LogP contribution >= 0.6 is 35.0 Å². The number of rotatable bonds is 6. The maximum absolute atomic E-state index is 13.3. The van der Waals surface area contributed by atoms with Crippen LogP contribution in [-0.4, -0.2) is 54.3 Å². The number of amidine groups is 1. The number of morpholine rings is 1. The average molecular weight is 559 g/mol. The number of carbonyl (C=O) groups is 1. The fourth-order valence-corrected chi connectivity index (χ4v) is 4.79. The average Bonchev–Trinajstić information content (AvgIpc) is 3.50. The molecule has 2 aliphatic heterocycles. The van der Waals surface area contributed by atoms with Crippen molar-refractivity contribution in [2.45, 2.75) is 0 Å². The van der Waals surface area contributed by atoms with E-state index in [0.29, 0.717) is 52.8 Å². The molecule has 1 saturated heterocycles. The molecule has 3 heterocycles. The predicted molar refractivity (Wildman–Crippen MR) is 141 cm³/mol. The molecule has 0 spiro atoms. The first-order valence-electron chi connectivity index (χ1n) is 11.2. The molecule has 2 aromatic carbocycles. The summed E-state index contributed by atoms with van der Waals surface area (Å²) in [7, 11) is 0. The van der Waals surface area contributed by atoms with E-state index in [1.165, 1.54) is 15.9 Å². The molecule has 0 aliphatic carbocycles. The highest BCUT2D eigenvalue weighted by atomic mass is 35.5. The van der Waals surface area contributed by atoms with E-state index in [4.69, 9.17) is 32.5 Å². The van der Waals surface area contributed by atoms with E-state index in [-0.39, 0.29) is 23.2 Å². The molecule has 5 rings (SSSR count). The van der Waals surface area contributed by atoms with Crippen molar-refractivity contribution in [3.8, 4) is 0 Å². The third-order valence-electron chi connectivity index (χ3n) is 5.40. The van der Waals surface area contributed by atoms with Crippen LogP contribution in [0.1, 0.15) is 5.56 Å². The van der Waals surface area contributed by atoms with Crippen LogP contribution in [0, 0.1) is 0 Å². The van der Waals surface area contributed by atoms with Gasteiger partial charge in [0.2, 0.25) is 5.27 Å². The summed E-state index contributed by atoms with van der Waals surface area (Å²) >= 11 is 13.5. The lowest BCUT2D eigenvalue weighted by Crippen LogP contribution is -2.62. The van der Waals surface area contributed by atoms with Crippen molar-refractivity contribution in [1.29, 1.82) is 0 Å². The molecular weight excluding hydrogens is 539 g/mol. The maximum atomic E-state index is 13.3. The van der Waals surface area contributed by atoms with E-state index in [1.54, 1.807) is 36.4 Å².